The number of rotatable bonds is 39. The van der Waals surface area contributed by atoms with Gasteiger partial charge in [-0.05, 0) is 0 Å². The summed E-state index contributed by atoms with van der Waals surface area (Å²) in [6.45, 7) is -7.23. The third kappa shape index (κ3) is 23.2. The van der Waals surface area contributed by atoms with E-state index in [2.05, 4.69) is 26.6 Å². The van der Waals surface area contributed by atoms with Crippen LogP contribution in [0.3, 0.4) is 0 Å². The van der Waals surface area contributed by atoms with E-state index in [-0.39, 0.29) is 0 Å². The number of amides is 5. The van der Waals surface area contributed by atoms with Crippen molar-refractivity contribution >= 4 is 53.4 Å². The van der Waals surface area contributed by atoms with Gasteiger partial charge in [0.25, 0.3) is 23.1 Å². The van der Waals surface area contributed by atoms with Crippen LogP contribution in [0.2, 0.25) is 0 Å². The number of nitrogens with one attached hydrogen (secondary N) is 5. The van der Waals surface area contributed by atoms with E-state index in [4.69, 9.17) is 71.1 Å². The van der Waals surface area contributed by atoms with Crippen molar-refractivity contribution in [3.8, 4) is 0 Å². The Kier molecular flexibility index (Phi) is 37.3. The zero-order valence-corrected chi connectivity index (χ0v) is 68.3. The maximum atomic E-state index is 14.3. The molecule has 0 radical (unpaired) electrons. The lowest BCUT2D eigenvalue weighted by Gasteiger charge is -2.53. The number of carboxylic acids is 4. The average molecular weight is 1870 g/mol. The van der Waals surface area contributed by atoms with Gasteiger partial charge in [0, 0.05) is 60.3 Å². The maximum absolute atomic E-state index is 14.3. The number of ether oxygens (including phenoxy) is 15. The molecule has 34 N–H and O–H groups in total. The molecule has 8 aliphatic heterocycles. The number of hydrogen-bond acceptors (Lipinski definition) is 49. The van der Waals surface area contributed by atoms with Crippen LogP contribution in [0, 0.1) is 0 Å². The monoisotopic (exact) mass is 1870 g/mol. The molecule has 58 heteroatoms. The van der Waals surface area contributed by atoms with Crippen LogP contribution < -0.4 is 26.6 Å². The Morgan fingerprint density at radius 3 is 0.953 bits per heavy atom. The van der Waals surface area contributed by atoms with Gasteiger partial charge in [-0.2, -0.15) is 0 Å². The molecule has 0 unspecified atom stereocenters. The van der Waals surface area contributed by atoms with Crippen molar-refractivity contribution in [2.75, 3.05) is 52.9 Å². The van der Waals surface area contributed by atoms with E-state index in [0.29, 0.717) is 0 Å². The summed E-state index contributed by atoms with van der Waals surface area (Å²) in [5.41, 5.74) is 0. The highest BCUT2D eigenvalue weighted by molar-refractivity contribution is 5.79. The molecule has 0 aliphatic carbocycles. The lowest BCUT2D eigenvalue weighted by Crippen LogP contribution is -2.73. The predicted octanol–water partition coefficient (Wildman–Crippen LogP) is -20.9. The van der Waals surface area contributed by atoms with Crippen molar-refractivity contribution in [3.63, 3.8) is 0 Å². The summed E-state index contributed by atoms with van der Waals surface area (Å²) in [6, 6.07) is -10.4. The third-order valence-electron chi connectivity index (χ3n) is 22.6. The highest BCUT2D eigenvalue weighted by Gasteiger charge is 2.67. The standard InChI is InChI=1S/C70H113N5O53/c1-18(84)71-35-23(89)6-67(63(106)107,123-53(35)40(95)27(93)10-76)121-31(14-80)44(99)55-37(73-20(3)86)25(91)8-69(125-55,65(110)111)127-57-43(98)30(13-79)116-61(48(57)103)120-52-39(75-22(5)88)60(115-29(12-78)42(52)97)119-51-34(17-83)117-62(118-50-33(16-82)114-59(105)47(102)46(50)101)49(104)58(51)128-70(66(112)113)9-26(92)38(74-21(4)87)56(126-70)45(100)32(15-81)122-68(64(108)109)7-24(90)36(72-19(2)85)54(124-68)41(96)28(94)11-77/h23-62,76-83,89-105H,6-17H2,1-5H3,(H,71,84)(H,72,85)(H,73,86)(H,74,87)(H,75,88)(H,106,107)(H,108,109)(H,110,111)(H,112,113)/t23-,24-,25-,26-,27+,28+,29+,30+,31+,32+,33+,34+,35+,36+,37+,38+,39+,40+,41+,42-,43-,44+,45+,46+,47+,48+,49+,50+,51-,52+,53+,54+,55+,56+,57-,58+,59+,60-,61-,62-,67+,68+,69-,70-/m0/s1. The van der Waals surface area contributed by atoms with E-state index >= 15 is 0 Å². The van der Waals surface area contributed by atoms with Crippen LogP contribution in [0.1, 0.15) is 60.3 Å². The van der Waals surface area contributed by atoms with Gasteiger partial charge in [-0.1, -0.05) is 0 Å². The van der Waals surface area contributed by atoms with E-state index in [1.54, 1.807) is 0 Å². The zero-order valence-electron chi connectivity index (χ0n) is 68.3. The van der Waals surface area contributed by atoms with Gasteiger partial charge in [0.1, 0.15) is 171 Å². The second kappa shape index (κ2) is 44.7. The Morgan fingerprint density at radius 2 is 0.609 bits per heavy atom. The second-order valence-corrected chi connectivity index (χ2v) is 31.8. The first-order chi connectivity index (χ1) is 59.9. The first kappa shape index (κ1) is 107. The molecule has 5 amide bonds. The molecule has 44 atom stereocenters. The molecule has 8 rings (SSSR count). The van der Waals surface area contributed by atoms with E-state index in [9.17, 15) is 191 Å². The number of carbonyl (C=O) groups is 9. The van der Waals surface area contributed by atoms with Gasteiger partial charge in [-0.15, -0.1) is 0 Å². The molecule has 8 aliphatic rings. The first-order valence-corrected chi connectivity index (χ1v) is 39.6. The summed E-state index contributed by atoms with van der Waals surface area (Å²) in [7, 11) is 0. The molecule has 8 saturated heterocycles. The summed E-state index contributed by atoms with van der Waals surface area (Å²) >= 11 is 0. The maximum Gasteiger partial charge on any atom is 0.364 e. The van der Waals surface area contributed by atoms with Crippen molar-refractivity contribution in [2.24, 2.45) is 0 Å². The molecular formula is C70H113N5O53. The first-order valence-electron chi connectivity index (χ1n) is 39.6. The summed E-state index contributed by atoms with van der Waals surface area (Å²) < 4.78 is 87.6. The predicted molar refractivity (Wildman–Crippen MR) is 391 cm³/mol. The Labute approximate surface area is 721 Å². The quantitative estimate of drug-likeness (QED) is 0.0272. The van der Waals surface area contributed by atoms with Crippen molar-refractivity contribution in [3.05, 3.63) is 0 Å². The summed E-state index contributed by atoms with van der Waals surface area (Å²) in [5, 5.41) is 336. The van der Waals surface area contributed by atoms with Crippen LogP contribution in [0.4, 0.5) is 0 Å². The number of hydrogen-bond donors (Lipinski definition) is 34. The lowest BCUT2D eigenvalue weighted by atomic mass is 9.87. The highest BCUT2D eigenvalue weighted by Crippen LogP contribution is 2.46. The van der Waals surface area contributed by atoms with Crippen molar-refractivity contribution in [2.45, 2.75) is 328 Å². The molecule has 0 bridgehead atoms. The molecule has 58 nitrogen and oxygen atoms in total. The SMILES string of the molecule is CC(=O)N[C@H]1[C@H](O[C@@H]2[C@H](O[C@]3(C(=O)O)C[C@H](O)[C@@H](NC(C)=O)[C@H]([C@H](O)[C@@H](CO)O[C@]4(C(=O)O)C[C@H](O)[C@@H](NC(C)=O)[C@H]([C@H](O)[C@H](O)CO)O4)O3)[C@@H](O)[C@H](O[C@H]3[C@H](O)[C@@H](O)[C@H](O)O[C@@H]3CO)O[C@@H]2CO)O[C@H](CO)[C@H](O)[C@@H]1O[C@@H]1O[C@H](CO)[C@H](O)[C@H](O[C@]2(C(=O)O)C[C@H](O)[C@@H](NC(C)=O)[C@H]([C@H](O)[C@@H](CO)O[C@]3(C(=O)O)C[C@H](O)[C@@H](NC(C)=O)[C@H]([C@H](O)[C@H](O)CO)O3)O2)[C@H]1O. The normalized spacial score (nSPS) is 42.5. The van der Waals surface area contributed by atoms with Gasteiger partial charge < -0.3 is 246 Å². The third-order valence-corrected chi connectivity index (χ3v) is 22.6. The van der Waals surface area contributed by atoms with Crippen LogP contribution in [-0.2, 0) is 114 Å². The van der Waals surface area contributed by atoms with E-state index < -0.39 is 400 Å². The number of aliphatic hydroxyl groups excluding tert-OH is 25. The van der Waals surface area contributed by atoms with Crippen LogP contribution >= 0.6 is 0 Å². The zero-order chi connectivity index (χ0) is 95.9. The molecule has 0 saturated carbocycles. The second-order valence-electron chi connectivity index (χ2n) is 31.8. The summed E-state index contributed by atoms with van der Waals surface area (Å²) in [6.07, 6.45) is -92.3. The molecule has 0 aromatic carbocycles. The number of aliphatic hydroxyl groups is 25. The van der Waals surface area contributed by atoms with Gasteiger partial charge in [-0.3, -0.25) is 24.0 Å². The molecular weight excluding hydrogens is 1760 g/mol. The van der Waals surface area contributed by atoms with Crippen LogP contribution in [0.25, 0.3) is 0 Å². The van der Waals surface area contributed by atoms with Gasteiger partial charge in [0.2, 0.25) is 29.5 Å². The number of carbonyl (C=O) groups excluding carboxylic acids is 5. The fraction of sp³-hybridized carbons (Fsp3) is 0.871. The Bertz CT molecular complexity index is 3720. The van der Waals surface area contributed by atoms with Crippen LogP contribution in [-0.4, -0.2) is 522 Å². The Hall–Kier alpha value is -6.37. The van der Waals surface area contributed by atoms with Crippen LogP contribution in [0.5, 0.6) is 0 Å². The van der Waals surface area contributed by atoms with E-state index in [1.165, 1.54) is 0 Å². The minimum absolute atomic E-state index is 0.759. The molecule has 128 heavy (non-hydrogen) atoms. The van der Waals surface area contributed by atoms with Crippen molar-refractivity contribution in [1.82, 2.24) is 26.6 Å². The topological polar surface area (TPSA) is 939 Å². The average Bonchev–Trinajstić information content (AvgIpc) is 0.747. The van der Waals surface area contributed by atoms with Gasteiger partial charge in [0.05, 0.1) is 101 Å². The molecule has 736 valence electrons. The van der Waals surface area contributed by atoms with Crippen molar-refractivity contribution < 1.29 is 262 Å². The minimum Gasteiger partial charge on any atom is -0.477 e. The lowest BCUT2D eigenvalue weighted by molar-refractivity contribution is -0.405. The molecule has 0 aromatic heterocycles. The van der Waals surface area contributed by atoms with E-state index in [0.717, 1.165) is 34.6 Å². The fourth-order valence-electron chi connectivity index (χ4n) is 16.3. The highest BCUT2D eigenvalue weighted by atomic mass is 16.8. The molecule has 8 heterocycles. The Morgan fingerprint density at radius 1 is 0.320 bits per heavy atom. The van der Waals surface area contributed by atoms with Crippen molar-refractivity contribution in [1.29, 1.82) is 0 Å². The van der Waals surface area contributed by atoms with Gasteiger partial charge in [-0.25, -0.2) is 19.2 Å². The van der Waals surface area contributed by atoms with Gasteiger partial charge >= 0.3 is 23.9 Å². The number of carboxylic acid groups (broad SMARTS) is 4. The van der Waals surface area contributed by atoms with E-state index in [1.807, 2.05) is 0 Å². The van der Waals surface area contributed by atoms with Crippen LogP contribution in [0.15, 0.2) is 0 Å². The molecule has 0 aromatic rings. The fourth-order valence-corrected chi connectivity index (χ4v) is 16.3. The summed E-state index contributed by atoms with van der Waals surface area (Å²) in [5.74, 6) is -29.1. The smallest absolute Gasteiger partial charge is 0.364 e. The summed E-state index contributed by atoms with van der Waals surface area (Å²) in [4.78, 5) is 119. The largest absolute Gasteiger partial charge is 0.477 e. The Balaban J connectivity index is 1.18. The molecule has 0 spiro atoms. The van der Waals surface area contributed by atoms with Gasteiger partial charge in [0.15, 0.2) is 25.2 Å². The molecule has 8 fully saturated rings. The minimum atomic E-state index is -3.82. The number of aliphatic carboxylic acids is 4.